The third-order valence-electron chi connectivity index (χ3n) is 2.83. The van der Waals surface area contributed by atoms with E-state index in [4.69, 9.17) is 23.2 Å². The summed E-state index contributed by atoms with van der Waals surface area (Å²) in [5.74, 6) is -0.250. The molecule has 0 aliphatic heterocycles. The van der Waals surface area contributed by atoms with Crippen molar-refractivity contribution in [1.82, 2.24) is 5.32 Å². The van der Waals surface area contributed by atoms with E-state index in [2.05, 4.69) is 27.9 Å². The Morgan fingerprint density at radius 2 is 1.84 bits per heavy atom. The summed E-state index contributed by atoms with van der Waals surface area (Å²) in [5.41, 5.74) is 1.84. The van der Waals surface area contributed by atoms with Crippen molar-refractivity contribution in [3.8, 4) is 0 Å². The normalized spacial score (nSPS) is 12.5. The molecule has 1 atom stereocenters. The van der Waals surface area contributed by atoms with Crippen molar-refractivity contribution in [1.29, 1.82) is 0 Å². The van der Waals surface area contributed by atoms with Crippen LogP contribution in [0.25, 0.3) is 0 Å². The molecule has 2 aromatic rings. The molecule has 0 saturated heterocycles. The van der Waals surface area contributed by atoms with Crippen molar-refractivity contribution >= 4 is 45.8 Å². The number of benzene rings is 2. The molecule has 2 aromatic carbocycles. The summed E-state index contributed by atoms with van der Waals surface area (Å²) in [5, 5.41) is 4.44. The van der Waals surface area contributed by atoms with E-state index >= 15 is 0 Å². The third kappa shape index (κ3) is 3.40. The van der Waals surface area contributed by atoms with E-state index in [1.54, 1.807) is 18.2 Å². The highest BCUT2D eigenvalue weighted by atomic mass is 127. The Balaban J connectivity index is 2.52. The Morgan fingerprint density at radius 1 is 1.11 bits per heavy atom. The van der Waals surface area contributed by atoms with Gasteiger partial charge in [0, 0.05) is 13.6 Å². The predicted octanol–water partition coefficient (Wildman–Crippen LogP) is 5.05. The summed E-state index contributed by atoms with van der Waals surface area (Å²) >= 11 is 14.4. The summed E-state index contributed by atoms with van der Waals surface area (Å²) < 4.78 is 14.0. The maximum absolute atomic E-state index is 13.2. The Hall–Kier alpha value is -0.360. The number of nitrogens with one attached hydrogen (secondary N) is 1. The average Bonchev–Trinajstić information content (AvgIpc) is 2.36. The van der Waals surface area contributed by atoms with Gasteiger partial charge in [-0.3, -0.25) is 0 Å². The molecule has 2 rings (SSSR count). The third-order valence-corrected chi connectivity index (χ3v) is 4.34. The van der Waals surface area contributed by atoms with Crippen molar-refractivity contribution in [2.45, 2.75) is 6.04 Å². The molecule has 100 valence electrons. The lowest BCUT2D eigenvalue weighted by atomic mass is 9.99. The number of halogens is 4. The molecule has 1 unspecified atom stereocenters. The highest BCUT2D eigenvalue weighted by Gasteiger charge is 2.18. The molecule has 1 nitrogen and oxygen atoms in total. The number of hydrogen-bond donors (Lipinski definition) is 1. The molecule has 0 spiro atoms. The second-order valence-electron chi connectivity index (χ2n) is 4.05. The standard InChI is InChI=1S/C14H11Cl2FIN/c1-19-14(10-4-3-9(17)7-13(10)18)11-6-8(15)2-5-12(11)16/h2-7,14,19H,1H3. The van der Waals surface area contributed by atoms with Gasteiger partial charge in [-0.25, -0.2) is 4.39 Å². The minimum Gasteiger partial charge on any atom is -0.309 e. The quantitative estimate of drug-likeness (QED) is 0.699. The minimum absolute atomic E-state index is 0.126. The van der Waals surface area contributed by atoms with Gasteiger partial charge in [-0.1, -0.05) is 29.3 Å². The van der Waals surface area contributed by atoms with Crippen LogP contribution < -0.4 is 5.32 Å². The van der Waals surface area contributed by atoms with E-state index in [0.717, 1.165) is 14.7 Å². The van der Waals surface area contributed by atoms with E-state index < -0.39 is 0 Å². The fraction of sp³-hybridized carbons (Fsp3) is 0.143. The maximum atomic E-state index is 13.2. The lowest BCUT2D eigenvalue weighted by Crippen LogP contribution is -2.19. The van der Waals surface area contributed by atoms with Crippen molar-refractivity contribution < 1.29 is 4.39 Å². The molecule has 0 radical (unpaired) electrons. The van der Waals surface area contributed by atoms with Crippen LogP contribution in [0.15, 0.2) is 36.4 Å². The van der Waals surface area contributed by atoms with Crippen molar-refractivity contribution in [3.63, 3.8) is 0 Å². The topological polar surface area (TPSA) is 12.0 Å². The lowest BCUT2D eigenvalue weighted by molar-refractivity contribution is 0.621. The zero-order valence-corrected chi connectivity index (χ0v) is 13.7. The van der Waals surface area contributed by atoms with E-state index in [0.29, 0.717) is 10.0 Å². The van der Waals surface area contributed by atoms with Crippen LogP contribution >= 0.6 is 45.8 Å². The second kappa shape index (κ2) is 6.39. The number of rotatable bonds is 3. The van der Waals surface area contributed by atoms with Gasteiger partial charge in [0.15, 0.2) is 0 Å². The van der Waals surface area contributed by atoms with Gasteiger partial charge in [-0.2, -0.15) is 0 Å². The first-order chi connectivity index (χ1) is 9.02. The van der Waals surface area contributed by atoms with Crippen LogP contribution in [0, 0.1) is 9.39 Å². The highest BCUT2D eigenvalue weighted by Crippen LogP contribution is 2.32. The van der Waals surface area contributed by atoms with Crippen molar-refractivity contribution in [2.24, 2.45) is 0 Å². The zero-order chi connectivity index (χ0) is 14.0. The van der Waals surface area contributed by atoms with Gasteiger partial charge in [-0.05, 0) is 71.1 Å². The molecular formula is C14H11Cl2FIN. The largest absolute Gasteiger partial charge is 0.309 e. The summed E-state index contributed by atoms with van der Waals surface area (Å²) in [4.78, 5) is 0. The molecule has 5 heteroatoms. The Bertz CT molecular complexity index is 604. The lowest BCUT2D eigenvalue weighted by Gasteiger charge is -2.20. The van der Waals surface area contributed by atoms with E-state index in [9.17, 15) is 4.39 Å². The molecule has 0 amide bonds. The van der Waals surface area contributed by atoms with E-state index in [-0.39, 0.29) is 11.9 Å². The monoisotopic (exact) mass is 409 g/mol. The summed E-state index contributed by atoms with van der Waals surface area (Å²) in [6.07, 6.45) is 0. The molecule has 0 heterocycles. The van der Waals surface area contributed by atoms with E-state index in [1.807, 2.05) is 13.1 Å². The summed E-state index contributed by atoms with van der Waals surface area (Å²) in [7, 11) is 1.83. The Labute approximate surface area is 135 Å². The molecule has 0 aromatic heterocycles. The fourth-order valence-electron chi connectivity index (χ4n) is 1.95. The molecule has 1 N–H and O–H groups in total. The zero-order valence-electron chi connectivity index (χ0n) is 10.1. The fourth-order valence-corrected chi connectivity index (χ4v) is 3.15. The van der Waals surface area contributed by atoms with Crippen LogP contribution in [0.2, 0.25) is 10.0 Å². The minimum atomic E-state index is -0.250. The van der Waals surface area contributed by atoms with Gasteiger partial charge in [0.05, 0.1) is 6.04 Å². The van der Waals surface area contributed by atoms with Gasteiger partial charge in [0.25, 0.3) is 0 Å². The average molecular weight is 410 g/mol. The van der Waals surface area contributed by atoms with E-state index in [1.165, 1.54) is 12.1 Å². The maximum Gasteiger partial charge on any atom is 0.124 e. The SMILES string of the molecule is CNC(c1cc(Cl)ccc1Cl)c1ccc(F)cc1I. The molecule has 19 heavy (non-hydrogen) atoms. The van der Waals surface area contributed by atoms with Gasteiger partial charge >= 0.3 is 0 Å². The summed E-state index contributed by atoms with van der Waals surface area (Å²) in [6.45, 7) is 0. The smallest absolute Gasteiger partial charge is 0.124 e. The first kappa shape index (κ1) is 15.0. The highest BCUT2D eigenvalue weighted by molar-refractivity contribution is 14.1. The van der Waals surface area contributed by atoms with Crippen molar-refractivity contribution in [3.05, 3.63) is 67.0 Å². The second-order valence-corrected chi connectivity index (χ2v) is 6.06. The summed E-state index contributed by atoms with van der Waals surface area (Å²) in [6, 6.07) is 9.91. The van der Waals surface area contributed by atoms with Gasteiger partial charge < -0.3 is 5.32 Å². The first-order valence-electron chi connectivity index (χ1n) is 5.60. The molecule has 0 bridgehead atoms. The van der Waals surface area contributed by atoms with Gasteiger partial charge in [-0.15, -0.1) is 0 Å². The molecule has 0 aliphatic rings. The van der Waals surface area contributed by atoms with Gasteiger partial charge in [0.1, 0.15) is 5.82 Å². The molecule has 0 aliphatic carbocycles. The first-order valence-corrected chi connectivity index (χ1v) is 7.43. The number of hydrogen-bond acceptors (Lipinski definition) is 1. The molecule has 0 saturated carbocycles. The van der Waals surface area contributed by atoms with Crippen LogP contribution in [0.3, 0.4) is 0 Å². The molecular weight excluding hydrogens is 399 g/mol. The molecule has 0 fully saturated rings. The van der Waals surface area contributed by atoms with Crippen LogP contribution in [-0.4, -0.2) is 7.05 Å². The van der Waals surface area contributed by atoms with Gasteiger partial charge in [0.2, 0.25) is 0 Å². The van der Waals surface area contributed by atoms with Crippen LogP contribution in [-0.2, 0) is 0 Å². The van der Waals surface area contributed by atoms with Crippen LogP contribution in [0.4, 0.5) is 4.39 Å². The Kier molecular flexibility index (Phi) is 5.06. The van der Waals surface area contributed by atoms with Crippen molar-refractivity contribution in [2.75, 3.05) is 7.05 Å². The Morgan fingerprint density at radius 3 is 2.47 bits per heavy atom. The van der Waals surface area contributed by atoms with Crippen LogP contribution in [0.1, 0.15) is 17.2 Å². The van der Waals surface area contributed by atoms with Crippen LogP contribution in [0.5, 0.6) is 0 Å². The predicted molar refractivity (Wildman–Crippen MR) is 86.5 cm³/mol.